The van der Waals surface area contributed by atoms with Gasteiger partial charge in [-0.1, -0.05) is 11.3 Å². The fourth-order valence-electron chi connectivity index (χ4n) is 0.858. The molecule has 68 valence electrons. The van der Waals surface area contributed by atoms with Crippen LogP contribution < -0.4 is 4.90 Å². The van der Waals surface area contributed by atoms with Crippen molar-refractivity contribution in [3.63, 3.8) is 0 Å². The second-order valence-corrected chi connectivity index (χ2v) is 3.74. The van der Waals surface area contributed by atoms with E-state index in [0.29, 0.717) is 0 Å². The SMILES string of the molecule is CCN(C)c1nc(C)c(CO)s1. The van der Waals surface area contributed by atoms with Gasteiger partial charge in [0.25, 0.3) is 0 Å². The molecule has 1 N–H and O–H groups in total. The zero-order valence-corrected chi connectivity index (χ0v) is 8.48. The zero-order chi connectivity index (χ0) is 9.14. The lowest BCUT2D eigenvalue weighted by molar-refractivity contribution is 0.284. The Bertz CT molecular complexity index is 260. The lowest BCUT2D eigenvalue weighted by Crippen LogP contribution is -2.15. The average Bonchev–Trinajstić information content (AvgIpc) is 2.45. The van der Waals surface area contributed by atoms with E-state index >= 15 is 0 Å². The molecule has 0 aliphatic carbocycles. The molecule has 0 spiro atoms. The van der Waals surface area contributed by atoms with Crippen molar-refractivity contribution in [1.82, 2.24) is 4.98 Å². The van der Waals surface area contributed by atoms with E-state index in [0.717, 1.165) is 22.2 Å². The van der Waals surface area contributed by atoms with Crippen LogP contribution in [0, 0.1) is 6.92 Å². The molecule has 1 heterocycles. The minimum Gasteiger partial charge on any atom is -0.391 e. The minimum atomic E-state index is 0.0983. The Morgan fingerprint density at radius 1 is 1.58 bits per heavy atom. The molecule has 4 heteroatoms. The Hall–Kier alpha value is -0.610. The number of hydrogen-bond acceptors (Lipinski definition) is 4. The molecule has 0 atom stereocenters. The van der Waals surface area contributed by atoms with Crippen LogP contribution in [0.5, 0.6) is 0 Å². The number of nitrogens with zero attached hydrogens (tertiary/aromatic N) is 2. The number of aliphatic hydroxyl groups is 1. The molecule has 1 rings (SSSR count). The molecule has 0 aliphatic rings. The summed E-state index contributed by atoms with van der Waals surface area (Å²) in [5.74, 6) is 0. The van der Waals surface area contributed by atoms with E-state index < -0.39 is 0 Å². The maximum atomic E-state index is 8.94. The molecular weight excluding hydrogens is 172 g/mol. The molecule has 0 aliphatic heterocycles. The summed E-state index contributed by atoms with van der Waals surface area (Å²) >= 11 is 1.56. The summed E-state index contributed by atoms with van der Waals surface area (Å²) < 4.78 is 0. The van der Waals surface area contributed by atoms with Gasteiger partial charge in [0.15, 0.2) is 5.13 Å². The number of anilines is 1. The summed E-state index contributed by atoms with van der Waals surface area (Å²) in [7, 11) is 2.00. The van der Waals surface area contributed by atoms with Crippen molar-refractivity contribution in [3.8, 4) is 0 Å². The maximum absolute atomic E-state index is 8.94. The van der Waals surface area contributed by atoms with Crippen LogP contribution in [-0.4, -0.2) is 23.7 Å². The van der Waals surface area contributed by atoms with Crippen molar-refractivity contribution in [3.05, 3.63) is 10.6 Å². The molecular formula is C8H14N2OS. The fraction of sp³-hybridized carbons (Fsp3) is 0.625. The average molecular weight is 186 g/mol. The third-order valence-electron chi connectivity index (χ3n) is 1.83. The molecule has 0 aromatic carbocycles. The lowest BCUT2D eigenvalue weighted by atomic mass is 10.4. The topological polar surface area (TPSA) is 36.4 Å². The Morgan fingerprint density at radius 2 is 2.25 bits per heavy atom. The normalized spacial score (nSPS) is 10.3. The van der Waals surface area contributed by atoms with Crippen LogP contribution >= 0.6 is 11.3 Å². The van der Waals surface area contributed by atoms with Gasteiger partial charge in [0.05, 0.1) is 17.2 Å². The van der Waals surface area contributed by atoms with Gasteiger partial charge in [-0.05, 0) is 13.8 Å². The van der Waals surface area contributed by atoms with Gasteiger partial charge >= 0.3 is 0 Å². The summed E-state index contributed by atoms with van der Waals surface area (Å²) in [5, 5.41) is 9.92. The number of thiazole rings is 1. The van der Waals surface area contributed by atoms with E-state index in [1.165, 1.54) is 0 Å². The first-order valence-electron chi connectivity index (χ1n) is 3.97. The molecule has 3 nitrogen and oxygen atoms in total. The number of aliphatic hydroxyl groups excluding tert-OH is 1. The van der Waals surface area contributed by atoms with E-state index in [-0.39, 0.29) is 6.61 Å². The molecule has 0 radical (unpaired) electrons. The zero-order valence-electron chi connectivity index (χ0n) is 7.66. The van der Waals surface area contributed by atoms with Crippen molar-refractivity contribution >= 4 is 16.5 Å². The molecule has 0 unspecified atom stereocenters. The minimum absolute atomic E-state index is 0.0983. The van der Waals surface area contributed by atoms with E-state index in [1.807, 2.05) is 14.0 Å². The molecule has 0 bridgehead atoms. The molecule has 1 aromatic heterocycles. The van der Waals surface area contributed by atoms with E-state index in [2.05, 4.69) is 16.8 Å². The first kappa shape index (κ1) is 9.48. The number of hydrogen-bond donors (Lipinski definition) is 1. The van der Waals surface area contributed by atoms with Crippen LogP contribution in [0.1, 0.15) is 17.5 Å². The first-order chi connectivity index (χ1) is 5.69. The van der Waals surface area contributed by atoms with Crippen LogP contribution in [0.25, 0.3) is 0 Å². The van der Waals surface area contributed by atoms with Crippen molar-refractivity contribution in [2.75, 3.05) is 18.5 Å². The predicted octanol–water partition coefficient (Wildman–Crippen LogP) is 1.40. The summed E-state index contributed by atoms with van der Waals surface area (Å²) in [6.45, 7) is 5.04. The van der Waals surface area contributed by atoms with Gasteiger partial charge < -0.3 is 10.0 Å². The maximum Gasteiger partial charge on any atom is 0.185 e. The number of aryl methyl sites for hydroxylation is 1. The van der Waals surface area contributed by atoms with Crippen LogP contribution in [0.15, 0.2) is 0 Å². The summed E-state index contributed by atoms with van der Waals surface area (Å²) in [6, 6.07) is 0. The third-order valence-corrected chi connectivity index (χ3v) is 3.08. The highest BCUT2D eigenvalue weighted by molar-refractivity contribution is 7.15. The van der Waals surface area contributed by atoms with Crippen molar-refractivity contribution in [1.29, 1.82) is 0 Å². The molecule has 0 saturated carbocycles. The second kappa shape index (κ2) is 3.87. The second-order valence-electron chi connectivity index (χ2n) is 2.68. The van der Waals surface area contributed by atoms with Gasteiger partial charge in [-0.3, -0.25) is 0 Å². The molecule has 0 saturated heterocycles. The van der Waals surface area contributed by atoms with Gasteiger partial charge in [0.1, 0.15) is 0 Å². The standard InChI is InChI=1S/C8H14N2OS/c1-4-10(3)8-9-6(2)7(5-11)12-8/h11H,4-5H2,1-3H3. The Labute approximate surface area is 76.7 Å². The molecule has 12 heavy (non-hydrogen) atoms. The predicted molar refractivity (Wildman–Crippen MR) is 51.7 cm³/mol. The first-order valence-corrected chi connectivity index (χ1v) is 4.79. The smallest absolute Gasteiger partial charge is 0.185 e. The number of aromatic nitrogens is 1. The Kier molecular flexibility index (Phi) is 3.05. The van der Waals surface area contributed by atoms with Crippen LogP contribution in [-0.2, 0) is 6.61 Å². The Balaban J connectivity index is 2.88. The van der Waals surface area contributed by atoms with Crippen LogP contribution in [0.2, 0.25) is 0 Å². The largest absolute Gasteiger partial charge is 0.391 e. The molecule has 1 aromatic rings. The highest BCUT2D eigenvalue weighted by Crippen LogP contribution is 2.24. The quantitative estimate of drug-likeness (QED) is 0.775. The van der Waals surface area contributed by atoms with Crippen molar-refractivity contribution in [2.24, 2.45) is 0 Å². The van der Waals surface area contributed by atoms with Gasteiger partial charge in [-0.15, -0.1) is 0 Å². The Morgan fingerprint density at radius 3 is 2.67 bits per heavy atom. The highest BCUT2D eigenvalue weighted by Gasteiger charge is 2.08. The summed E-state index contributed by atoms with van der Waals surface area (Å²) in [4.78, 5) is 7.37. The lowest BCUT2D eigenvalue weighted by Gasteiger charge is -2.10. The van der Waals surface area contributed by atoms with Crippen molar-refractivity contribution in [2.45, 2.75) is 20.5 Å². The van der Waals surface area contributed by atoms with Gasteiger partial charge in [-0.25, -0.2) is 4.98 Å². The van der Waals surface area contributed by atoms with E-state index in [1.54, 1.807) is 11.3 Å². The monoisotopic (exact) mass is 186 g/mol. The number of rotatable bonds is 3. The molecule has 0 amide bonds. The van der Waals surface area contributed by atoms with Gasteiger partial charge in [-0.2, -0.15) is 0 Å². The summed E-state index contributed by atoms with van der Waals surface area (Å²) in [6.07, 6.45) is 0. The van der Waals surface area contributed by atoms with E-state index in [4.69, 9.17) is 5.11 Å². The van der Waals surface area contributed by atoms with Crippen LogP contribution in [0.3, 0.4) is 0 Å². The molecule has 0 fully saturated rings. The third kappa shape index (κ3) is 1.76. The van der Waals surface area contributed by atoms with Gasteiger partial charge in [0.2, 0.25) is 0 Å². The summed E-state index contributed by atoms with van der Waals surface area (Å²) in [5.41, 5.74) is 0.942. The van der Waals surface area contributed by atoms with E-state index in [9.17, 15) is 0 Å². The highest BCUT2D eigenvalue weighted by atomic mass is 32.1. The van der Waals surface area contributed by atoms with Gasteiger partial charge in [0, 0.05) is 13.6 Å². The van der Waals surface area contributed by atoms with Crippen LogP contribution in [0.4, 0.5) is 5.13 Å². The fourth-order valence-corrected chi connectivity index (χ4v) is 1.80. The van der Waals surface area contributed by atoms with Crippen molar-refractivity contribution < 1.29 is 5.11 Å².